The molecule has 20 heavy (non-hydrogen) atoms. The summed E-state index contributed by atoms with van der Waals surface area (Å²) >= 11 is 1.58. The number of hydrogen-bond acceptors (Lipinski definition) is 3. The van der Waals surface area contributed by atoms with Crippen LogP contribution in [0.4, 0.5) is 0 Å². The van der Waals surface area contributed by atoms with Gasteiger partial charge in [0.1, 0.15) is 0 Å². The molecule has 0 aliphatic heterocycles. The molecule has 0 aliphatic rings. The Labute approximate surface area is 123 Å². The number of likely N-dealkylation sites (N-methyl/N-ethyl adjacent to an activating group) is 1. The summed E-state index contributed by atoms with van der Waals surface area (Å²) in [6.07, 6.45) is -0.284. The van der Waals surface area contributed by atoms with Gasteiger partial charge < -0.3 is 10.0 Å². The second-order valence-electron chi connectivity index (χ2n) is 4.86. The van der Waals surface area contributed by atoms with Crippen LogP contribution in [0.15, 0.2) is 47.8 Å². The summed E-state index contributed by atoms with van der Waals surface area (Å²) < 4.78 is 0. The summed E-state index contributed by atoms with van der Waals surface area (Å²) in [4.78, 5) is 14.9. The molecule has 0 radical (unpaired) electrons. The predicted molar refractivity (Wildman–Crippen MR) is 81.7 cm³/mol. The van der Waals surface area contributed by atoms with Crippen LogP contribution in [-0.2, 0) is 11.2 Å². The highest BCUT2D eigenvalue weighted by Gasteiger charge is 2.24. The number of rotatable bonds is 5. The number of carbonyl (C=O) groups is 1. The van der Waals surface area contributed by atoms with Gasteiger partial charge in [-0.1, -0.05) is 36.4 Å². The third kappa shape index (κ3) is 3.46. The quantitative estimate of drug-likeness (QED) is 0.919. The van der Waals surface area contributed by atoms with Crippen LogP contribution in [0.3, 0.4) is 0 Å². The molecule has 0 saturated heterocycles. The molecule has 2 atom stereocenters. The van der Waals surface area contributed by atoms with Crippen molar-refractivity contribution in [3.05, 3.63) is 58.3 Å². The van der Waals surface area contributed by atoms with E-state index in [1.165, 1.54) is 0 Å². The molecule has 1 amide bonds. The topological polar surface area (TPSA) is 40.5 Å². The molecule has 0 saturated carbocycles. The second-order valence-corrected chi connectivity index (χ2v) is 5.89. The van der Waals surface area contributed by atoms with Crippen molar-refractivity contribution in [3.63, 3.8) is 0 Å². The van der Waals surface area contributed by atoms with Gasteiger partial charge in [-0.2, -0.15) is 0 Å². The summed E-state index contributed by atoms with van der Waals surface area (Å²) in [5, 5.41) is 12.3. The minimum absolute atomic E-state index is 0.0231. The van der Waals surface area contributed by atoms with Gasteiger partial charge in [-0.05, 0) is 23.9 Å². The van der Waals surface area contributed by atoms with Crippen molar-refractivity contribution in [2.75, 3.05) is 7.05 Å². The van der Waals surface area contributed by atoms with Crippen molar-refractivity contribution < 1.29 is 9.90 Å². The molecule has 1 N–H and O–H groups in total. The van der Waals surface area contributed by atoms with Crippen molar-refractivity contribution in [1.29, 1.82) is 0 Å². The van der Waals surface area contributed by atoms with Crippen LogP contribution in [0, 0.1) is 0 Å². The number of carbonyl (C=O) groups excluding carboxylic acids is 1. The van der Waals surface area contributed by atoms with Crippen molar-refractivity contribution in [2.24, 2.45) is 0 Å². The van der Waals surface area contributed by atoms with E-state index in [1.54, 1.807) is 23.3 Å². The van der Waals surface area contributed by atoms with Gasteiger partial charge in [0.05, 0.1) is 18.6 Å². The summed E-state index contributed by atoms with van der Waals surface area (Å²) in [7, 11) is 1.74. The van der Waals surface area contributed by atoms with Gasteiger partial charge in [-0.3, -0.25) is 4.79 Å². The van der Waals surface area contributed by atoms with Crippen LogP contribution in [0.2, 0.25) is 0 Å². The third-order valence-electron chi connectivity index (χ3n) is 3.51. The monoisotopic (exact) mass is 289 g/mol. The lowest BCUT2D eigenvalue weighted by Crippen LogP contribution is -2.39. The first-order valence-electron chi connectivity index (χ1n) is 6.60. The van der Waals surface area contributed by atoms with E-state index in [0.29, 0.717) is 6.42 Å². The minimum atomic E-state index is -0.673. The van der Waals surface area contributed by atoms with Crippen LogP contribution in [0.5, 0.6) is 0 Å². The van der Waals surface area contributed by atoms with E-state index in [-0.39, 0.29) is 11.9 Å². The zero-order valence-corrected chi connectivity index (χ0v) is 12.5. The molecule has 0 bridgehead atoms. The Bertz CT molecular complexity index is 539. The fourth-order valence-electron chi connectivity index (χ4n) is 2.05. The highest BCUT2D eigenvalue weighted by molar-refractivity contribution is 7.10. The van der Waals surface area contributed by atoms with E-state index in [9.17, 15) is 9.90 Å². The summed E-state index contributed by atoms with van der Waals surface area (Å²) in [6, 6.07) is 13.1. The number of nitrogens with zero attached hydrogens (tertiary/aromatic N) is 1. The zero-order valence-electron chi connectivity index (χ0n) is 11.7. The largest absolute Gasteiger partial charge is 0.386 e. The maximum atomic E-state index is 12.2. The maximum absolute atomic E-state index is 12.2. The lowest BCUT2D eigenvalue weighted by Gasteiger charge is -2.29. The van der Waals surface area contributed by atoms with Gasteiger partial charge in [-0.15, -0.1) is 11.3 Å². The smallest absolute Gasteiger partial charge is 0.227 e. The van der Waals surface area contributed by atoms with E-state index >= 15 is 0 Å². The van der Waals surface area contributed by atoms with E-state index in [0.717, 1.165) is 10.4 Å². The normalized spacial score (nSPS) is 13.8. The standard InChI is InChI=1S/C16H19NO2S/c1-12(16(19)13-7-4-3-5-8-13)17(2)15(18)11-14-9-6-10-20-14/h3-10,12,16,19H,11H2,1-2H3/t12-,16+/m0/s1. The lowest BCUT2D eigenvalue weighted by molar-refractivity contribution is -0.133. The second kappa shape index (κ2) is 6.68. The van der Waals surface area contributed by atoms with Crippen molar-refractivity contribution in [2.45, 2.75) is 25.5 Å². The first-order valence-corrected chi connectivity index (χ1v) is 7.48. The van der Waals surface area contributed by atoms with Crippen molar-refractivity contribution in [1.82, 2.24) is 4.90 Å². The zero-order chi connectivity index (χ0) is 14.5. The molecular formula is C16H19NO2S. The Morgan fingerprint density at radius 3 is 2.55 bits per heavy atom. The minimum Gasteiger partial charge on any atom is -0.386 e. The van der Waals surface area contributed by atoms with Crippen molar-refractivity contribution in [3.8, 4) is 0 Å². The maximum Gasteiger partial charge on any atom is 0.227 e. The molecule has 3 nitrogen and oxygen atoms in total. The SMILES string of the molecule is C[C@@H]([C@@H](O)c1ccccc1)N(C)C(=O)Cc1cccs1. The molecular weight excluding hydrogens is 270 g/mol. The Morgan fingerprint density at radius 1 is 1.25 bits per heavy atom. The van der Waals surface area contributed by atoms with E-state index in [4.69, 9.17) is 0 Å². The van der Waals surface area contributed by atoms with Crippen LogP contribution >= 0.6 is 11.3 Å². The number of amides is 1. The average molecular weight is 289 g/mol. The fraction of sp³-hybridized carbons (Fsp3) is 0.312. The molecule has 1 heterocycles. The van der Waals surface area contributed by atoms with Crippen molar-refractivity contribution >= 4 is 17.2 Å². The molecule has 1 aromatic carbocycles. The average Bonchev–Trinajstić information content (AvgIpc) is 2.98. The van der Waals surface area contributed by atoms with E-state index in [1.807, 2.05) is 54.8 Å². The van der Waals surface area contributed by atoms with Crippen LogP contribution in [-0.4, -0.2) is 29.0 Å². The summed E-state index contributed by atoms with van der Waals surface area (Å²) in [5.41, 5.74) is 0.829. The summed E-state index contributed by atoms with van der Waals surface area (Å²) in [6.45, 7) is 1.87. The first-order chi connectivity index (χ1) is 9.59. The number of thiophene rings is 1. The van der Waals surface area contributed by atoms with Crippen LogP contribution in [0.25, 0.3) is 0 Å². The van der Waals surface area contributed by atoms with Gasteiger partial charge in [0.2, 0.25) is 5.91 Å². The first kappa shape index (κ1) is 14.8. The highest BCUT2D eigenvalue weighted by atomic mass is 32.1. The van der Waals surface area contributed by atoms with Gasteiger partial charge in [-0.25, -0.2) is 0 Å². The van der Waals surface area contributed by atoms with Gasteiger partial charge in [0, 0.05) is 11.9 Å². The number of hydrogen-bond donors (Lipinski definition) is 1. The Hall–Kier alpha value is -1.65. The third-order valence-corrected chi connectivity index (χ3v) is 4.38. The van der Waals surface area contributed by atoms with E-state index < -0.39 is 6.10 Å². The fourth-order valence-corrected chi connectivity index (χ4v) is 2.75. The molecule has 106 valence electrons. The number of aliphatic hydroxyl groups excluding tert-OH is 1. The molecule has 2 rings (SSSR count). The van der Waals surface area contributed by atoms with Gasteiger partial charge in [0.25, 0.3) is 0 Å². The molecule has 0 fully saturated rings. The summed E-state index contributed by atoms with van der Waals surface area (Å²) in [5.74, 6) is 0.0231. The van der Waals surface area contributed by atoms with Gasteiger partial charge >= 0.3 is 0 Å². The van der Waals surface area contributed by atoms with Gasteiger partial charge in [0.15, 0.2) is 0 Å². The molecule has 4 heteroatoms. The number of aliphatic hydroxyl groups is 1. The predicted octanol–water partition coefficient (Wildman–Crippen LogP) is 2.87. The lowest BCUT2D eigenvalue weighted by atomic mass is 10.0. The Balaban J connectivity index is 2.00. The van der Waals surface area contributed by atoms with E-state index in [2.05, 4.69) is 0 Å². The molecule has 0 spiro atoms. The molecule has 0 unspecified atom stereocenters. The highest BCUT2D eigenvalue weighted by Crippen LogP contribution is 2.21. The molecule has 0 aliphatic carbocycles. The number of benzene rings is 1. The molecule has 2 aromatic rings. The Morgan fingerprint density at radius 2 is 1.95 bits per heavy atom. The Kier molecular flexibility index (Phi) is 4.93. The van der Waals surface area contributed by atoms with Crippen LogP contribution in [0.1, 0.15) is 23.5 Å². The van der Waals surface area contributed by atoms with Crippen LogP contribution < -0.4 is 0 Å². The molecule has 1 aromatic heterocycles.